The zero-order chi connectivity index (χ0) is 14.1. The molecule has 0 spiro atoms. The Hall–Kier alpha value is -0.780. The molecule has 0 saturated heterocycles. The molecule has 0 atom stereocenters. The van der Waals surface area contributed by atoms with Crippen LogP contribution in [0.15, 0.2) is 17.0 Å². The van der Waals surface area contributed by atoms with Crippen molar-refractivity contribution in [3.63, 3.8) is 0 Å². The van der Waals surface area contributed by atoms with Gasteiger partial charge in [0.1, 0.15) is 0 Å². The highest BCUT2D eigenvalue weighted by molar-refractivity contribution is 7.89. The monoisotopic (exact) mass is 290 g/mol. The zero-order valence-electron chi connectivity index (χ0n) is 11.1. The first-order valence-electron chi connectivity index (χ1n) is 5.68. The number of rotatable bonds is 4. The molecule has 1 aromatic carbocycles. The SMILES string of the molecule is Cc1cc(Cl)c(N)cc1S(=O)(=O)N(C)CC(C)C. The second kappa shape index (κ2) is 5.47. The Kier molecular flexibility index (Phi) is 4.64. The van der Waals surface area contributed by atoms with Crippen LogP contribution >= 0.6 is 11.6 Å². The second-order valence-electron chi connectivity index (χ2n) is 4.82. The molecule has 0 bridgehead atoms. The van der Waals surface area contributed by atoms with Gasteiger partial charge in [0.15, 0.2) is 0 Å². The Morgan fingerprint density at radius 2 is 1.94 bits per heavy atom. The molecule has 102 valence electrons. The van der Waals surface area contributed by atoms with Gasteiger partial charge in [0.25, 0.3) is 0 Å². The third kappa shape index (κ3) is 3.16. The van der Waals surface area contributed by atoms with Crippen LogP contribution < -0.4 is 5.73 Å². The van der Waals surface area contributed by atoms with Crippen molar-refractivity contribution in [2.24, 2.45) is 5.92 Å². The van der Waals surface area contributed by atoms with Crippen molar-refractivity contribution in [1.82, 2.24) is 4.31 Å². The molecule has 0 aliphatic carbocycles. The van der Waals surface area contributed by atoms with E-state index in [-0.39, 0.29) is 16.5 Å². The summed E-state index contributed by atoms with van der Waals surface area (Å²) >= 11 is 5.87. The van der Waals surface area contributed by atoms with E-state index in [2.05, 4.69) is 0 Å². The molecule has 0 saturated carbocycles. The molecule has 6 heteroatoms. The van der Waals surface area contributed by atoms with E-state index in [1.54, 1.807) is 20.0 Å². The van der Waals surface area contributed by atoms with Gasteiger partial charge in [-0.2, -0.15) is 0 Å². The van der Waals surface area contributed by atoms with Crippen molar-refractivity contribution in [3.05, 3.63) is 22.7 Å². The Balaban J connectivity index is 3.24. The highest BCUT2D eigenvalue weighted by Gasteiger charge is 2.24. The molecule has 18 heavy (non-hydrogen) atoms. The minimum Gasteiger partial charge on any atom is -0.397 e. The molecule has 4 nitrogen and oxygen atoms in total. The number of aryl methyl sites for hydroxylation is 1. The normalized spacial score (nSPS) is 12.4. The first-order valence-corrected chi connectivity index (χ1v) is 7.50. The molecule has 0 unspecified atom stereocenters. The van der Waals surface area contributed by atoms with Crippen molar-refractivity contribution in [1.29, 1.82) is 0 Å². The van der Waals surface area contributed by atoms with Gasteiger partial charge in [-0.15, -0.1) is 0 Å². The smallest absolute Gasteiger partial charge is 0.243 e. The van der Waals surface area contributed by atoms with Crippen LogP contribution in [0, 0.1) is 12.8 Å². The molecule has 1 aromatic rings. The highest BCUT2D eigenvalue weighted by atomic mass is 35.5. The van der Waals surface area contributed by atoms with E-state index in [1.807, 2.05) is 13.8 Å². The highest BCUT2D eigenvalue weighted by Crippen LogP contribution is 2.28. The van der Waals surface area contributed by atoms with Gasteiger partial charge >= 0.3 is 0 Å². The summed E-state index contributed by atoms with van der Waals surface area (Å²) in [6, 6.07) is 3.00. The van der Waals surface area contributed by atoms with Crippen molar-refractivity contribution >= 4 is 27.3 Å². The van der Waals surface area contributed by atoms with Crippen LogP contribution in [0.3, 0.4) is 0 Å². The average molecular weight is 291 g/mol. The largest absolute Gasteiger partial charge is 0.397 e. The minimum atomic E-state index is -3.51. The zero-order valence-corrected chi connectivity index (χ0v) is 12.6. The van der Waals surface area contributed by atoms with Crippen LogP contribution in [0.4, 0.5) is 5.69 Å². The predicted molar refractivity (Wildman–Crippen MR) is 75.3 cm³/mol. The molecular formula is C12H19ClN2O2S. The van der Waals surface area contributed by atoms with E-state index in [0.717, 1.165) is 0 Å². The van der Waals surface area contributed by atoms with Gasteiger partial charge < -0.3 is 5.73 Å². The van der Waals surface area contributed by atoms with E-state index in [0.29, 0.717) is 17.1 Å². The van der Waals surface area contributed by atoms with Gasteiger partial charge in [-0.05, 0) is 30.5 Å². The Labute approximate surface area is 114 Å². The molecule has 0 aliphatic rings. The number of benzene rings is 1. The first-order chi connectivity index (χ1) is 8.16. The number of halogens is 1. The Morgan fingerprint density at radius 3 is 2.44 bits per heavy atom. The lowest BCUT2D eigenvalue weighted by atomic mass is 10.2. The Morgan fingerprint density at radius 1 is 1.39 bits per heavy atom. The van der Waals surface area contributed by atoms with Crippen LogP contribution in [0.5, 0.6) is 0 Å². The average Bonchev–Trinajstić information content (AvgIpc) is 2.22. The number of nitrogen functional groups attached to an aromatic ring is 1. The summed E-state index contributed by atoms with van der Waals surface area (Å²) in [6.07, 6.45) is 0. The summed E-state index contributed by atoms with van der Waals surface area (Å²) in [5.41, 5.74) is 6.55. The fourth-order valence-electron chi connectivity index (χ4n) is 1.73. The molecule has 0 aromatic heterocycles. The van der Waals surface area contributed by atoms with E-state index in [4.69, 9.17) is 17.3 Å². The van der Waals surface area contributed by atoms with E-state index in [9.17, 15) is 8.42 Å². The molecule has 2 N–H and O–H groups in total. The van der Waals surface area contributed by atoms with Crippen molar-refractivity contribution in [2.75, 3.05) is 19.3 Å². The number of hydrogen-bond donors (Lipinski definition) is 1. The summed E-state index contributed by atoms with van der Waals surface area (Å²) in [5.74, 6) is 0.259. The maximum Gasteiger partial charge on any atom is 0.243 e. The van der Waals surface area contributed by atoms with Gasteiger partial charge in [0, 0.05) is 13.6 Å². The van der Waals surface area contributed by atoms with E-state index < -0.39 is 10.0 Å². The quantitative estimate of drug-likeness (QED) is 0.867. The first kappa shape index (κ1) is 15.3. The van der Waals surface area contributed by atoms with Crippen LogP contribution in [-0.4, -0.2) is 26.3 Å². The summed E-state index contributed by atoms with van der Waals surface area (Å²) < 4.78 is 26.1. The van der Waals surface area contributed by atoms with Crippen molar-refractivity contribution in [3.8, 4) is 0 Å². The van der Waals surface area contributed by atoms with E-state index in [1.165, 1.54) is 10.4 Å². The van der Waals surface area contributed by atoms with Gasteiger partial charge in [0.2, 0.25) is 10.0 Å². The summed E-state index contributed by atoms with van der Waals surface area (Å²) in [7, 11) is -1.94. The van der Waals surface area contributed by atoms with Crippen molar-refractivity contribution < 1.29 is 8.42 Å². The minimum absolute atomic E-state index is 0.215. The van der Waals surface area contributed by atoms with E-state index >= 15 is 0 Å². The molecule has 0 aliphatic heterocycles. The summed E-state index contributed by atoms with van der Waals surface area (Å²) in [5, 5.41) is 0.373. The van der Waals surface area contributed by atoms with Crippen LogP contribution in [0.25, 0.3) is 0 Å². The molecule has 0 radical (unpaired) electrons. The third-order valence-electron chi connectivity index (χ3n) is 2.60. The molecule has 0 amide bonds. The second-order valence-corrected chi connectivity index (χ2v) is 7.24. The van der Waals surface area contributed by atoms with Crippen LogP contribution in [0.1, 0.15) is 19.4 Å². The topological polar surface area (TPSA) is 63.4 Å². The van der Waals surface area contributed by atoms with Crippen LogP contribution in [0.2, 0.25) is 5.02 Å². The fraction of sp³-hybridized carbons (Fsp3) is 0.500. The van der Waals surface area contributed by atoms with Crippen molar-refractivity contribution in [2.45, 2.75) is 25.7 Å². The van der Waals surface area contributed by atoms with Gasteiger partial charge in [-0.3, -0.25) is 0 Å². The number of nitrogens with zero attached hydrogens (tertiary/aromatic N) is 1. The molecular weight excluding hydrogens is 272 g/mol. The standard InChI is InChI=1S/C12H19ClN2O2S/c1-8(2)7-15(4)18(16,17)12-6-11(14)10(13)5-9(12)3/h5-6,8H,7,14H2,1-4H3. The lowest BCUT2D eigenvalue weighted by Crippen LogP contribution is -2.31. The Bertz CT molecular complexity index is 541. The number of sulfonamides is 1. The van der Waals surface area contributed by atoms with Gasteiger partial charge in [-0.25, -0.2) is 12.7 Å². The van der Waals surface area contributed by atoms with Gasteiger partial charge in [0.05, 0.1) is 15.6 Å². The third-order valence-corrected chi connectivity index (χ3v) is 4.90. The van der Waals surface area contributed by atoms with Crippen LogP contribution in [-0.2, 0) is 10.0 Å². The lowest BCUT2D eigenvalue weighted by Gasteiger charge is -2.20. The summed E-state index contributed by atoms with van der Waals surface area (Å²) in [6.45, 7) is 6.11. The maximum atomic E-state index is 12.4. The molecule has 0 fully saturated rings. The number of anilines is 1. The maximum absolute atomic E-state index is 12.4. The molecule has 1 rings (SSSR count). The van der Waals surface area contributed by atoms with Gasteiger partial charge in [-0.1, -0.05) is 25.4 Å². The number of hydrogen-bond acceptors (Lipinski definition) is 3. The lowest BCUT2D eigenvalue weighted by molar-refractivity contribution is 0.417. The number of nitrogens with two attached hydrogens (primary N) is 1. The molecule has 0 heterocycles. The predicted octanol–water partition coefficient (Wildman–Crippen LogP) is 2.51. The fourth-order valence-corrected chi connectivity index (χ4v) is 3.52. The summed E-state index contributed by atoms with van der Waals surface area (Å²) in [4.78, 5) is 0.215.